The Morgan fingerprint density at radius 1 is 1.40 bits per heavy atom. The fourth-order valence-electron chi connectivity index (χ4n) is 1.83. The zero-order valence-electron chi connectivity index (χ0n) is 11.6. The van der Waals surface area contributed by atoms with Gasteiger partial charge in [0, 0.05) is 12.6 Å². The molecular formula is C12H17N7S. The lowest BCUT2D eigenvalue weighted by Gasteiger charge is -2.07. The van der Waals surface area contributed by atoms with Gasteiger partial charge < -0.3 is 5.32 Å². The Bertz CT molecular complexity index is 593. The van der Waals surface area contributed by atoms with Crippen LogP contribution in [0.2, 0.25) is 0 Å². The number of hydrogen-bond donors (Lipinski definition) is 1. The monoisotopic (exact) mass is 291 g/mol. The summed E-state index contributed by atoms with van der Waals surface area (Å²) in [6, 6.07) is 2.41. The van der Waals surface area contributed by atoms with E-state index in [1.807, 2.05) is 17.7 Å². The predicted octanol–water partition coefficient (Wildman–Crippen LogP) is 2.08. The standard InChI is InChI=1S/C12H17N7S/c1-3-6-13-10-7-11(15-8(2)14-10)20-12-16-17-18-19(12)9-4-5-9/h7,9H,3-6H2,1-2H3,(H,13,14,15). The molecule has 0 saturated heterocycles. The van der Waals surface area contributed by atoms with Gasteiger partial charge in [0.15, 0.2) is 0 Å². The highest BCUT2D eigenvalue weighted by Crippen LogP contribution is 2.37. The molecule has 1 aliphatic rings. The Morgan fingerprint density at radius 2 is 2.25 bits per heavy atom. The smallest absolute Gasteiger partial charge is 0.215 e. The summed E-state index contributed by atoms with van der Waals surface area (Å²) >= 11 is 1.49. The highest BCUT2D eigenvalue weighted by atomic mass is 32.2. The molecule has 7 nitrogen and oxygen atoms in total. The number of nitrogens with one attached hydrogen (secondary N) is 1. The van der Waals surface area contributed by atoms with Crippen LogP contribution in [-0.2, 0) is 0 Å². The van der Waals surface area contributed by atoms with Crippen LogP contribution >= 0.6 is 11.8 Å². The molecule has 2 heterocycles. The van der Waals surface area contributed by atoms with Crippen molar-refractivity contribution in [3.05, 3.63) is 11.9 Å². The van der Waals surface area contributed by atoms with E-state index in [0.29, 0.717) is 6.04 Å². The molecule has 106 valence electrons. The molecule has 0 aliphatic heterocycles. The molecule has 0 atom stereocenters. The number of aromatic nitrogens is 6. The first-order valence-electron chi connectivity index (χ1n) is 6.81. The van der Waals surface area contributed by atoms with Gasteiger partial charge >= 0.3 is 0 Å². The van der Waals surface area contributed by atoms with Gasteiger partial charge in [0.05, 0.1) is 6.04 Å². The lowest BCUT2D eigenvalue weighted by atomic mass is 10.4. The maximum atomic E-state index is 4.44. The van der Waals surface area contributed by atoms with Crippen molar-refractivity contribution >= 4 is 17.6 Å². The molecule has 0 amide bonds. The van der Waals surface area contributed by atoms with Crippen molar-refractivity contribution in [3.63, 3.8) is 0 Å². The van der Waals surface area contributed by atoms with Crippen LogP contribution in [0, 0.1) is 6.92 Å². The first-order chi connectivity index (χ1) is 9.76. The third-order valence-corrected chi connectivity index (χ3v) is 3.79. The number of tetrazole rings is 1. The van der Waals surface area contributed by atoms with Crippen LogP contribution in [0.1, 0.15) is 38.1 Å². The summed E-state index contributed by atoms with van der Waals surface area (Å²) in [5, 5.41) is 16.8. The molecule has 1 fully saturated rings. The Balaban J connectivity index is 1.79. The van der Waals surface area contributed by atoms with Crippen LogP contribution < -0.4 is 5.32 Å². The van der Waals surface area contributed by atoms with Gasteiger partial charge in [0.1, 0.15) is 16.7 Å². The molecule has 0 radical (unpaired) electrons. The van der Waals surface area contributed by atoms with Crippen LogP contribution in [-0.4, -0.2) is 36.7 Å². The van der Waals surface area contributed by atoms with E-state index >= 15 is 0 Å². The molecule has 0 bridgehead atoms. The fraction of sp³-hybridized carbons (Fsp3) is 0.583. The van der Waals surface area contributed by atoms with Crippen molar-refractivity contribution in [1.29, 1.82) is 0 Å². The second kappa shape index (κ2) is 5.74. The summed E-state index contributed by atoms with van der Waals surface area (Å²) in [7, 11) is 0. The fourth-order valence-corrected chi connectivity index (χ4v) is 2.72. The van der Waals surface area contributed by atoms with Gasteiger partial charge in [0.25, 0.3) is 0 Å². The summed E-state index contributed by atoms with van der Waals surface area (Å²) in [5.74, 6) is 1.60. The highest BCUT2D eigenvalue weighted by molar-refractivity contribution is 7.99. The number of rotatable bonds is 6. The quantitative estimate of drug-likeness (QED) is 0.816. The molecule has 0 unspecified atom stereocenters. The Kier molecular flexibility index (Phi) is 3.81. The molecule has 1 aliphatic carbocycles. The van der Waals surface area contributed by atoms with Crippen molar-refractivity contribution in [1.82, 2.24) is 30.2 Å². The summed E-state index contributed by atoms with van der Waals surface area (Å²) in [4.78, 5) is 8.82. The zero-order valence-corrected chi connectivity index (χ0v) is 12.4. The third-order valence-electron chi connectivity index (χ3n) is 2.92. The van der Waals surface area contributed by atoms with E-state index in [1.165, 1.54) is 11.8 Å². The molecular weight excluding hydrogens is 274 g/mol. The summed E-state index contributed by atoms with van der Waals surface area (Å²) in [6.07, 6.45) is 3.38. The van der Waals surface area contributed by atoms with E-state index in [9.17, 15) is 0 Å². The predicted molar refractivity (Wildman–Crippen MR) is 75.8 cm³/mol. The van der Waals surface area contributed by atoms with Crippen LogP contribution in [0.25, 0.3) is 0 Å². The molecule has 3 rings (SSSR count). The molecule has 20 heavy (non-hydrogen) atoms. The van der Waals surface area contributed by atoms with Crippen LogP contribution in [0.5, 0.6) is 0 Å². The number of aryl methyl sites for hydroxylation is 1. The van der Waals surface area contributed by atoms with E-state index in [4.69, 9.17) is 0 Å². The Morgan fingerprint density at radius 3 is 3.00 bits per heavy atom. The normalized spacial score (nSPS) is 14.5. The summed E-state index contributed by atoms with van der Waals surface area (Å²) in [5.41, 5.74) is 0. The van der Waals surface area contributed by atoms with Gasteiger partial charge in [-0.3, -0.25) is 0 Å². The van der Waals surface area contributed by atoms with Crippen LogP contribution in [0.4, 0.5) is 5.82 Å². The topological polar surface area (TPSA) is 81.4 Å². The number of hydrogen-bond acceptors (Lipinski definition) is 7. The minimum Gasteiger partial charge on any atom is -0.370 e. The van der Waals surface area contributed by atoms with Gasteiger partial charge in [-0.2, -0.15) is 0 Å². The van der Waals surface area contributed by atoms with Crippen molar-refractivity contribution < 1.29 is 0 Å². The average Bonchev–Trinajstić information content (AvgIpc) is 3.17. The average molecular weight is 291 g/mol. The van der Waals surface area contributed by atoms with Crippen molar-refractivity contribution in [3.8, 4) is 0 Å². The van der Waals surface area contributed by atoms with Gasteiger partial charge in [0.2, 0.25) is 5.16 Å². The minimum atomic E-state index is 0.466. The lowest BCUT2D eigenvalue weighted by Crippen LogP contribution is -2.04. The lowest BCUT2D eigenvalue weighted by molar-refractivity contribution is 0.565. The third kappa shape index (κ3) is 3.06. The maximum Gasteiger partial charge on any atom is 0.215 e. The first kappa shape index (κ1) is 13.3. The van der Waals surface area contributed by atoms with Gasteiger partial charge in [-0.1, -0.05) is 6.92 Å². The second-order valence-electron chi connectivity index (χ2n) is 4.80. The van der Waals surface area contributed by atoms with Gasteiger partial charge in [-0.05, 0) is 48.4 Å². The van der Waals surface area contributed by atoms with Gasteiger partial charge in [-0.25, -0.2) is 14.6 Å². The molecule has 8 heteroatoms. The largest absolute Gasteiger partial charge is 0.370 e. The van der Waals surface area contributed by atoms with E-state index in [1.54, 1.807) is 0 Å². The zero-order chi connectivity index (χ0) is 13.9. The van der Waals surface area contributed by atoms with Crippen molar-refractivity contribution in [2.45, 2.75) is 49.3 Å². The second-order valence-corrected chi connectivity index (χ2v) is 5.79. The van der Waals surface area contributed by atoms with Crippen LogP contribution in [0.3, 0.4) is 0 Å². The Hall–Kier alpha value is -1.70. The molecule has 0 spiro atoms. The molecule has 2 aromatic heterocycles. The highest BCUT2D eigenvalue weighted by Gasteiger charge is 2.28. The Labute approximate surface area is 121 Å². The van der Waals surface area contributed by atoms with Crippen LogP contribution in [0.15, 0.2) is 16.2 Å². The minimum absolute atomic E-state index is 0.466. The van der Waals surface area contributed by atoms with E-state index in [2.05, 4.69) is 37.7 Å². The number of nitrogens with zero attached hydrogens (tertiary/aromatic N) is 6. The summed E-state index contributed by atoms with van der Waals surface area (Å²) in [6.45, 7) is 4.92. The molecule has 1 saturated carbocycles. The summed E-state index contributed by atoms with van der Waals surface area (Å²) < 4.78 is 1.89. The maximum absolute atomic E-state index is 4.44. The molecule has 0 aromatic carbocycles. The van der Waals surface area contributed by atoms with E-state index < -0.39 is 0 Å². The van der Waals surface area contributed by atoms with Gasteiger partial charge in [-0.15, -0.1) is 5.10 Å². The van der Waals surface area contributed by atoms with Crippen molar-refractivity contribution in [2.75, 3.05) is 11.9 Å². The number of anilines is 1. The first-order valence-corrected chi connectivity index (χ1v) is 7.63. The van der Waals surface area contributed by atoms with E-state index in [-0.39, 0.29) is 0 Å². The molecule has 1 N–H and O–H groups in total. The SMILES string of the molecule is CCCNc1cc(Sc2nnnn2C2CC2)nc(C)n1. The molecule has 2 aromatic rings. The van der Waals surface area contributed by atoms with Crippen molar-refractivity contribution in [2.24, 2.45) is 0 Å². The van der Waals surface area contributed by atoms with E-state index in [0.717, 1.165) is 47.6 Å².